The molecule has 0 aliphatic heterocycles. The van der Waals surface area contributed by atoms with Crippen molar-refractivity contribution in [3.8, 4) is 0 Å². The van der Waals surface area contributed by atoms with Gasteiger partial charge in [0.05, 0.1) is 11.5 Å². The summed E-state index contributed by atoms with van der Waals surface area (Å²) >= 11 is 0. The number of rotatable bonds is 7. The Balaban J connectivity index is 2.24. The van der Waals surface area contributed by atoms with Gasteiger partial charge >= 0.3 is 5.97 Å². The summed E-state index contributed by atoms with van der Waals surface area (Å²) in [6.07, 6.45) is -1.43. The third-order valence-electron chi connectivity index (χ3n) is 3.62. The van der Waals surface area contributed by atoms with Crippen molar-refractivity contribution in [3.05, 3.63) is 75.8 Å². The van der Waals surface area contributed by atoms with Gasteiger partial charge in [-0.05, 0) is 36.8 Å². The maximum atomic E-state index is 12.3. The standard InChI is InChI=1S/C18H18N2O6/c1-2-26-18(23)15(19-17(22)13-6-4-3-5-7-13)16(21)12-8-10-14(11-9-12)20(24)25/h3-11,15-16,21H,2H2,1H3,(H,19,22)/t15-,16+/m0/s1. The molecule has 2 N–H and O–H groups in total. The predicted molar refractivity (Wildman–Crippen MR) is 92.4 cm³/mol. The quantitative estimate of drug-likeness (QED) is 0.444. The molecule has 2 aromatic rings. The van der Waals surface area contributed by atoms with Gasteiger partial charge in [-0.15, -0.1) is 0 Å². The van der Waals surface area contributed by atoms with Crippen LogP contribution in [0.5, 0.6) is 0 Å². The van der Waals surface area contributed by atoms with E-state index in [1.807, 2.05) is 0 Å². The van der Waals surface area contributed by atoms with Crippen LogP contribution in [-0.2, 0) is 9.53 Å². The van der Waals surface area contributed by atoms with E-state index in [0.717, 1.165) is 0 Å². The van der Waals surface area contributed by atoms with Crippen LogP contribution in [0.2, 0.25) is 0 Å². The fraction of sp³-hybridized carbons (Fsp3) is 0.222. The molecule has 0 aliphatic carbocycles. The van der Waals surface area contributed by atoms with E-state index in [9.17, 15) is 24.8 Å². The van der Waals surface area contributed by atoms with Crippen molar-refractivity contribution in [1.29, 1.82) is 0 Å². The summed E-state index contributed by atoms with van der Waals surface area (Å²) in [6, 6.07) is 11.9. The van der Waals surface area contributed by atoms with Crippen molar-refractivity contribution >= 4 is 17.6 Å². The molecule has 0 heterocycles. The Labute approximate surface area is 149 Å². The number of ether oxygens (including phenoxy) is 1. The van der Waals surface area contributed by atoms with Crippen LogP contribution < -0.4 is 5.32 Å². The van der Waals surface area contributed by atoms with Crippen molar-refractivity contribution in [3.63, 3.8) is 0 Å². The first kappa shape index (κ1) is 19.1. The average molecular weight is 358 g/mol. The zero-order valence-electron chi connectivity index (χ0n) is 14.0. The monoisotopic (exact) mass is 358 g/mol. The number of amides is 1. The Morgan fingerprint density at radius 2 is 1.77 bits per heavy atom. The number of benzene rings is 2. The Hall–Kier alpha value is -3.26. The van der Waals surface area contributed by atoms with Crippen LogP contribution in [0.15, 0.2) is 54.6 Å². The number of aliphatic hydroxyl groups is 1. The molecule has 0 aromatic heterocycles. The fourth-order valence-corrected chi connectivity index (χ4v) is 2.30. The van der Waals surface area contributed by atoms with Crippen LogP contribution >= 0.6 is 0 Å². The van der Waals surface area contributed by atoms with Gasteiger partial charge in [0.25, 0.3) is 11.6 Å². The molecule has 1 amide bonds. The van der Waals surface area contributed by atoms with Crippen molar-refractivity contribution in [2.24, 2.45) is 0 Å². The molecule has 0 saturated carbocycles. The highest BCUT2D eigenvalue weighted by Gasteiger charge is 2.31. The van der Waals surface area contributed by atoms with Gasteiger partial charge in [0.1, 0.15) is 6.10 Å². The number of nitro benzene ring substituents is 1. The van der Waals surface area contributed by atoms with E-state index < -0.39 is 28.9 Å². The Morgan fingerprint density at radius 3 is 2.31 bits per heavy atom. The number of carbonyl (C=O) groups is 2. The van der Waals surface area contributed by atoms with E-state index in [2.05, 4.69) is 5.32 Å². The lowest BCUT2D eigenvalue weighted by Crippen LogP contribution is -2.46. The molecule has 0 spiro atoms. The van der Waals surface area contributed by atoms with Crippen molar-refractivity contribution in [2.45, 2.75) is 19.1 Å². The summed E-state index contributed by atoms with van der Waals surface area (Å²) in [5, 5.41) is 23.7. The predicted octanol–water partition coefficient (Wildman–Crippen LogP) is 1.99. The number of aliphatic hydroxyl groups excluding tert-OH is 1. The second-order valence-electron chi connectivity index (χ2n) is 5.36. The van der Waals surface area contributed by atoms with Gasteiger partial charge in [-0.3, -0.25) is 14.9 Å². The number of hydrogen-bond donors (Lipinski definition) is 2. The normalized spacial score (nSPS) is 12.7. The molecule has 0 radical (unpaired) electrons. The molecule has 0 aliphatic rings. The van der Waals surface area contributed by atoms with Crippen LogP contribution in [0, 0.1) is 10.1 Å². The smallest absolute Gasteiger partial charge is 0.331 e. The molecule has 2 rings (SSSR count). The summed E-state index contributed by atoms with van der Waals surface area (Å²) in [5.74, 6) is -1.35. The molecule has 0 saturated heterocycles. The SMILES string of the molecule is CCOC(=O)[C@@H](NC(=O)c1ccccc1)[C@H](O)c1ccc([N+](=O)[O-])cc1. The van der Waals surface area contributed by atoms with Crippen molar-refractivity contribution in [1.82, 2.24) is 5.32 Å². The molecule has 0 unspecified atom stereocenters. The first-order chi connectivity index (χ1) is 12.4. The number of esters is 1. The van der Waals surface area contributed by atoms with Gasteiger partial charge in [-0.25, -0.2) is 4.79 Å². The van der Waals surface area contributed by atoms with E-state index in [-0.39, 0.29) is 17.9 Å². The molecule has 0 bridgehead atoms. The van der Waals surface area contributed by atoms with E-state index in [0.29, 0.717) is 5.56 Å². The zero-order valence-corrected chi connectivity index (χ0v) is 14.0. The summed E-state index contributed by atoms with van der Waals surface area (Å²) < 4.78 is 4.92. The molecule has 8 nitrogen and oxygen atoms in total. The molecule has 2 aromatic carbocycles. The number of hydrogen-bond acceptors (Lipinski definition) is 6. The lowest BCUT2D eigenvalue weighted by atomic mass is 10.0. The molecule has 8 heteroatoms. The summed E-state index contributed by atoms with van der Waals surface area (Å²) in [6.45, 7) is 1.68. The van der Waals surface area contributed by atoms with Crippen LogP contribution in [0.1, 0.15) is 28.9 Å². The summed E-state index contributed by atoms with van der Waals surface area (Å²) in [4.78, 5) is 34.7. The number of nitrogens with one attached hydrogen (secondary N) is 1. The Kier molecular flexibility index (Phi) is 6.40. The molecule has 26 heavy (non-hydrogen) atoms. The van der Waals surface area contributed by atoms with Gasteiger partial charge in [0.15, 0.2) is 6.04 Å². The maximum Gasteiger partial charge on any atom is 0.331 e. The first-order valence-electron chi connectivity index (χ1n) is 7.89. The molecule has 0 fully saturated rings. The van der Waals surface area contributed by atoms with Gasteiger partial charge in [-0.1, -0.05) is 18.2 Å². The maximum absolute atomic E-state index is 12.3. The average Bonchev–Trinajstić information content (AvgIpc) is 2.66. The molecular formula is C18H18N2O6. The lowest BCUT2D eigenvalue weighted by molar-refractivity contribution is -0.384. The van der Waals surface area contributed by atoms with Crippen LogP contribution in [0.3, 0.4) is 0 Å². The third kappa shape index (κ3) is 4.64. The Morgan fingerprint density at radius 1 is 1.15 bits per heavy atom. The van der Waals surface area contributed by atoms with E-state index in [4.69, 9.17) is 4.74 Å². The van der Waals surface area contributed by atoms with Gasteiger partial charge in [0, 0.05) is 17.7 Å². The number of non-ortho nitro benzene ring substituents is 1. The minimum absolute atomic E-state index is 0.0729. The van der Waals surface area contributed by atoms with Crippen molar-refractivity contribution < 1.29 is 24.4 Å². The van der Waals surface area contributed by atoms with Gasteiger partial charge < -0.3 is 15.2 Å². The highest BCUT2D eigenvalue weighted by molar-refractivity contribution is 5.96. The topological polar surface area (TPSA) is 119 Å². The first-order valence-corrected chi connectivity index (χ1v) is 7.89. The van der Waals surface area contributed by atoms with E-state index in [1.165, 1.54) is 24.3 Å². The number of carbonyl (C=O) groups excluding carboxylic acids is 2. The minimum Gasteiger partial charge on any atom is -0.464 e. The van der Waals surface area contributed by atoms with Crippen LogP contribution in [0.25, 0.3) is 0 Å². The van der Waals surface area contributed by atoms with Gasteiger partial charge in [-0.2, -0.15) is 0 Å². The number of nitro groups is 1. The third-order valence-corrected chi connectivity index (χ3v) is 3.62. The lowest BCUT2D eigenvalue weighted by Gasteiger charge is -2.22. The van der Waals surface area contributed by atoms with Crippen LogP contribution in [0.4, 0.5) is 5.69 Å². The molecular weight excluding hydrogens is 340 g/mol. The molecule has 2 atom stereocenters. The zero-order chi connectivity index (χ0) is 19.1. The van der Waals surface area contributed by atoms with Gasteiger partial charge in [0.2, 0.25) is 0 Å². The van der Waals surface area contributed by atoms with E-state index in [1.54, 1.807) is 37.3 Å². The second kappa shape index (κ2) is 8.72. The highest BCUT2D eigenvalue weighted by Crippen LogP contribution is 2.21. The van der Waals surface area contributed by atoms with Crippen molar-refractivity contribution in [2.75, 3.05) is 6.61 Å². The molecule has 136 valence electrons. The Bertz CT molecular complexity index is 776. The van der Waals surface area contributed by atoms with E-state index >= 15 is 0 Å². The largest absolute Gasteiger partial charge is 0.464 e. The van der Waals surface area contributed by atoms with Crippen LogP contribution in [-0.4, -0.2) is 34.6 Å². The number of nitrogens with zero attached hydrogens (tertiary/aromatic N) is 1. The summed E-state index contributed by atoms with van der Waals surface area (Å²) in [7, 11) is 0. The minimum atomic E-state index is -1.43. The summed E-state index contributed by atoms with van der Waals surface area (Å²) in [5.41, 5.74) is 0.404. The highest BCUT2D eigenvalue weighted by atomic mass is 16.6. The fourth-order valence-electron chi connectivity index (χ4n) is 2.30. The second-order valence-corrected chi connectivity index (χ2v) is 5.36.